The van der Waals surface area contributed by atoms with E-state index in [2.05, 4.69) is 51.6 Å². The van der Waals surface area contributed by atoms with Crippen molar-refractivity contribution in [1.82, 2.24) is 29.9 Å². The summed E-state index contributed by atoms with van der Waals surface area (Å²) in [4.78, 5) is 9.54. The summed E-state index contributed by atoms with van der Waals surface area (Å²) in [5.41, 5.74) is 1.42. The third kappa shape index (κ3) is 2.55. The van der Waals surface area contributed by atoms with E-state index in [-0.39, 0.29) is 0 Å². The van der Waals surface area contributed by atoms with Gasteiger partial charge in [0.2, 0.25) is 0 Å². The van der Waals surface area contributed by atoms with E-state index in [1.54, 1.807) is 15.9 Å². The van der Waals surface area contributed by atoms with E-state index in [9.17, 15) is 0 Å². The van der Waals surface area contributed by atoms with Crippen molar-refractivity contribution in [3.8, 4) is 0 Å². The molecule has 0 spiro atoms. The van der Waals surface area contributed by atoms with Gasteiger partial charge in [0.25, 0.3) is 5.78 Å². The molecule has 0 radical (unpaired) electrons. The summed E-state index contributed by atoms with van der Waals surface area (Å²) in [6.45, 7) is 7.46. The Hall–Kier alpha value is -1.80. The fourth-order valence-electron chi connectivity index (χ4n) is 3.06. The number of nitrogens with zero attached hydrogens (tertiary/aromatic N) is 6. The van der Waals surface area contributed by atoms with Gasteiger partial charge in [-0.2, -0.15) is 9.50 Å². The molecule has 4 rings (SSSR count). The van der Waals surface area contributed by atoms with Crippen molar-refractivity contribution >= 4 is 33.1 Å². The van der Waals surface area contributed by atoms with Crippen LogP contribution in [0, 0.1) is 5.92 Å². The van der Waals surface area contributed by atoms with Crippen LogP contribution in [0.5, 0.6) is 0 Å². The Balaban J connectivity index is 1.85. The van der Waals surface area contributed by atoms with Crippen molar-refractivity contribution < 1.29 is 0 Å². The van der Waals surface area contributed by atoms with Gasteiger partial charge < -0.3 is 10.2 Å². The molecule has 0 unspecified atom stereocenters. The van der Waals surface area contributed by atoms with Crippen molar-refractivity contribution in [3.63, 3.8) is 0 Å². The van der Waals surface area contributed by atoms with Gasteiger partial charge in [0.1, 0.15) is 10.6 Å². The van der Waals surface area contributed by atoms with E-state index < -0.39 is 0 Å². The van der Waals surface area contributed by atoms with Gasteiger partial charge >= 0.3 is 0 Å². The maximum atomic E-state index is 4.67. The Kier molecular flexibility index (Phi) is 3.65. The second-order valence-corrected chi connectivity index (χ2v) is 7.72. The predicted molar refractivity (Wildman–Crippen MR) is 91.9 cm³/mol. The number of thiophene rings is 1. The Morgan fingerprint density at radius 2 is 2.22 bits per heavy atom. The maximum absolute atomic E-state index is 4.67. The summed E-state index contributed by atoms with van der Waals surface area (Å²) in [6.07, 6.45) is 2.17. The van der Waals surface area contributed by atoms with E-state index >= 15 is 0 Å². The van der Waals surface area contributed by atoms with Crippen molar-refractivity contribution in [2.45, 2.75) is 33.2 Å². The molecule has 8 heteroatoms. The molecule has 0 bridgehead atoms. The largest absolute Gasteiger partial charge is 0.369 e. The lowest BCUT2D eigenvalue weighted by molar-refractivity contribution is 0.318. The van der Waals surface area contributed by atoms with Crippen LogP contribution < -0.4 is 5.32 Å². The molecule has 0 aliphatic carbocycles. The van der Waals surface area contributed by atoms with Crippen LogP contribution in [0.1, 0.15) is 30.7 Å². The molecule has 122 valence electrons. The number of tetrazole rings is 1. The van der Waals surface area contributed by atoms with Crippen LogP contribution in [-0.2, 0) is 13.0 Å². The zero-order valence-electron chi connectivity index (χ0n) is 13.7. The average molecular weight is 331 g/mol. The molecular weight excluding hydrogens is 310 g/mol. The number of hydrogen-bond donors (Lipinski definition) is 1. The Morgan fingerprint density at radius 1 is 1.35 bits per heavy atom. The van der Waals surface area contributed by atoms with Gasteiger partial charge in [0.05, 0.1) is 5.39 Å². The molecule has 23 heavy (non-hydrogen) atoms. The highest BCUT2D eigenvalue weighted by molar-refractivity contribution is 7.19. The number of aromatic nitrogens is 5. The van der Waals surface area contributed by atoms with Crippen LogP contribution in [0.25, 0.3) is 16.0 Å². The molecule has 4 heterocycles. The minimum atomic E-state index is 0.566. The second kappa shape index (κ2) is 5.68. The lowest BCUT2D eigenvalue weighted by Crippen LogP contribution is -2.25. The highest BCUT2D eigenvalue weighted by Crippen LogP contribution is 2.38. The standard InChI is InChI=1S/C15H21N7S/c1-9(2)4-6-16-13-12-10-5-7-21(3)8-11(10)23-14(12)22-15(17-13)18-19-20-22/h9H,4-8H2,1-3H3,(H,16,17,18,20). The third-order valence-corrected chi connectivity index (χ3v) is 5.53. The maximum Gasteiger partial charge on any atom is 0.276 e. The highest BCUT2D eigenvalue weighted by atomic mass is 32.1. The molecule has 0 saturated carbocycles. The van der Waals surface area contributed by atoms with Crippen LogP contribution in [0.3, 0.4) is 0 Å². The molecule has 7 nitrogen and oxygen atoms in total. The Morgan fingerprint density at radius 3 is 3.04 bits per heavy atom. The molecule has 1 aliphatic rings. The summed E-state index contributed by atoms with van der Waals surface area (Å²) in [5.74, 6) is 2.17. The van der Waals surface area contributed by atoms with Crippen molar-refractivity contribution in [1.29, 1.82) is 0 Å². The number of nitrogens with one attached hydrogen (secondary N) is 1. The molecular formula is C15H21N7S. The van der Waals surface area contributed by atoms with Gasteiger partial charge in [-0.3, -0.25) is 0 Å². The summed E-state index contributed by atoms with van der Waals surface area (Å²) in [7, 11) is 2.17. The van der Waals surface area contributed by atoms with E-state index in [1.807, 2.05) is 0 Å². The molecule has 1 aliphatic heterocycles. The number of fused-ring (bicyclic) bond motifs is 5. The molecule has 0 atom stereocenters. The zero-order chi connectivity index (χ0) is 16.0. The Labute approximate surface area is 138 Å². The van der Waals surface area contributed by atoms with Crippen molar-refractivity contribution in [2.24, 2.45) is 5.92 Å². The van der Waals surface area contributed by atoms with Crippen LogP contribution in [-0.4, -0.2) is 50.1 Å². The van der Waals surface area contributed by atoms with Crippen LogP contribution in [0.2, 0.25) is 0 Å². The van der Waals surface area contributed by atoms with Gasteiger partial charge in [-0.05, 0) is 41.8 Å². The highest BCUT2D eigenvalue weighted by Gasteiger charge is 2.24. The normalized spacial score (nSPS) is 15.7. The molecule has 0 fully saturated rings. The molecule has 3 aromatic heterocycles. The Bertz CT molecular complexity index is 850. The van der Waals surface area contributed by atoms with Crippen LogP contribution in [0.15, 0.2) is 0 Å². The van der Waals surface area contributed by atoms with E-state index in [1.165, 1.54) is 15.8 Å². The third-order valence-electron chi connectivity index (χ3n) is 4.34. The quantitative estimate of drug-likeness (QED) is 0.790. The van der Waals surface area contributed by atoms with Crippen LogP contribution in [0.4, 0.5) is 5.82 Å². The number of hydrogen-bond acceptors (Lipinski definition) is 7. The second-order valence-electron chi connectivity index (χ2n) is 6.63. The van der Waals surface area contributed by atoms with E-state index in [0.717, 1.165) is 43.1 Å². The summed E-state index contributed by atoms with van der Waals surface area (Å²) < 4.78 is 1.77. The summed E-state index contributed by atoms with van der Waals surface area (Å²) in [5, 5.41) is 16.7. The average Bonchev–Trinajstić information content (AvgIpc) is 3.09. The van der Waals surface area contributed by atoms with E-state index in [4.69, 9.17) is 0 Å². The lowest BCUT2D eigenvalue weighted by atomic mass is 10.1. The number of likely N-dealkylation sites (N-methyl/N-ethyl adjacent to an activating group) is 1. The van der Waals surface area contributed by atoms with E-state index in [0.29, 0.717) is 11.7 Å². The summed E-state index contributed by atoms with van der Waals surface area (Å²) >= 11 is 1.79. The zero-order valence-corrected chi connectivity index (χ0v) is 14.5. The first-order valence-electron chi connectivity index (χ1n) is 8.08. The fourth-order valence-corrected chi connectivity index (χ4v) is 4.43. The van der Waals surface area contributed by atoms with Crippen molar-refractivity contribution in [3.05, 3.63) is 10.4 Å². The van der Waals surface area contributed by atoms with Crippen LogP contribution >= 0.6 is 11.3 Å². The minimum absolute atomic E-state index is 0.566. The molecule has 0 amide bonds. The molecule has 0 aromatic carbocycles. The SMILES string of the molecule is CC(C)CCNc1nc2nnnn2c2sc3c(c12)CCN(C)C3. The smallest absolute Gasteiger partial charge is 0.276 e. The van der Waals surface area contributed by atoms with Gasteiger partial charge in [-0.15, -0.1) is 11.3 Å². The summed E-state index contributed by atoms with van der Waals surface area (Å²) in [6, 6.07) is 0. The van der Waals surface area contributed by atoms with Gasteiger partial charge in [-0.25, -0.2) is 0 Å². The predicted octanol–water partition coefficient (Wildman–Crippen LogP) is 2.18. The van der Waals surface area contributed by atoms with Gasteiger partial charge in [-0.1, -0.05) is 18.9 Å². The number of rotatable bonds is 4. The minimum Gasteiger partial charge on any atom is -0.369 e. The molecule has 3 aromatic rings. The lowest BCUT2D eigenvalue weighted by Gasteiger charge is -2.22. The first kappa shape index (κ1) is 14.8. The number of anilines is 1. The topological polar surface area (TPSA) is 71.2 Å². The molecule has 1 N–H and O–H groups in total. The first-order chi connectivity index (χ1) is 11.1. The van der Waals surface area contributed by atoms with Gasteiger partial charge in [0.15, 0.2) is 0 Å². The molecule has 0 saturated heterocycles. The van der Waals surface area contributed by atoms with Gasteiger partial charge in [0, 0.05) is 24.5 Å². The fraction of sp³-hybridized carbons (Fsp3) is 0.600. The first-order valence-corrected chi connectivity index (χ1v) is 8.90. The van der Waals surface area contributed by atoms with Crippen molar-refractivity contribution in [2.75, 3.05) is 25.5 Å². The monoisotopic (exact) mass is 331 g/mol.